The van der Waals surface area contributed by atoms with Gasteiger partial charge in [0.25, 0.3) is 5.91 Å². The van der Waals surface area contributed by atoms with Gasteiger partial charge in [-0.15, -0.1) is 0 Å². The number of carbonyl (C=O) groups excluding carboxylic acids is 1. The standard InChI is InChI=1S/C17H13ClFNO/c18-12-5-6-14-15(10-12)17(7-2-8-20(17)16(14)21)11-3-1-4-13(19)9-11/h1,3-6,9-10H,2,7-8H2. The van der Waals surface area contributed by atoms with Gasteiger partial charge in [0.15, 0.2) is 0 Å². The molecule has 4 heteroatoms. The summed E-state index contributed by atoms with van der Waals surface area (Å²) >= 11 is 6.14. The van der Waals surface area contributed by atoms with Crippen LogP contribution in [-0.4, -0.2) is 17.4 Å². The molecule has 4 rings (SSSR count). The fourth-order valence-electron chi connectivity index (χ4n) is 3.77. The monoisotopic (exact) mass is 301 g/mol. The topological polar surface area (TPSA) is 20.3 Å². The van der Waals surface area contributed by atoms with Crippen LogP contribution in [-0.2, 0) is 5.54 Å². The van der Waals surface area contributed by atoms with Crippen LogP contribution < -0.4 is 0 Å². The molecule has 0 aromatic heterocycles. The highest BCUT2D eigenvalue weighted by Gasteiger charge is 2.53. The highest BCUT2D eigenvalue weighted by molar-refractivity contribution is 6.30. The van der Waals surface area contributed by atoms with Crippen LogP contribution in [0.4, 0.5) is 4.39 Å². The van der Waals surface area contributed by atoms with E-state index in [0.29, 0.717) is 17.1 Å². The Hall–Kier alpha value is -1.87. The van der Waals surface area contributed by atoms with Gasteiger partial charge >= 0.3 is 0 Å². The Labute approximate surface area is 127 Å². The first-order chi connectivity index (χ1) is 10.1. The summed E-state index contributed by atoms with van der Waals surface area (Å²) in [5.74, 6) is -0.264. The number of hydrogen-bond donors (Lipinski definition) is 0. The number of carbonyl (C=O) groups is 1. The number of rotatable bonds is 1. The zero-order valence-electron chi connectivity index (χ0n) is 11.3. The van der Waals surface area contributed by atoms with Crippen molar-refractivity contribution < 1.29 is 9.18 Å². The Morgan fingerprint density at radius 2 is 2.05 bits per heavy atom. The molecule has 0 spiro atoms. The first-order valence-electron chi connectivity index (χ1n) is 7.01. The van der Waals surface area contributed by atoms with E-state index < -0.39 is 5.54 Å². The van der Waals surface area contributed by atoms with Crippen LogP contribution in [0.15, 0.2) is 42.5 Å². The van der Waals surface area contributed by atoms with Gasteiger partial charge in [0, 0.05) is 17.1 Å². The summed E-state index contributed by atoms with van der Waals surface area (Å²) in [4.78, 5) is 14.5. The third-order valence-electron chi connectivity index (χ3n) is 4.59. The van der Waals surface area contributed by atoms with Gasteiger partial charge < -0.3 is 4.90 Å². The maximum atomic E-state index is 13.7. The van der Waals surface area contributed by atoms with E-state index in [4.69, 9.17) is 11.6 Å². The third kappa shape index (κ3) is 1.61. The van der Waals surface area contributed by atoms with Crippen molar-refractivity contribution in [3.05, 3.63) is 70.0 Å². The summed E-state index contributed by atoms with van der Waals surface area (Å²) in [6, 6.07) is 11.9. The van der Waals surface area contributed by atoms with Crippen molar-refractivity contribution >= 4 is 17.5 Å². The molecule has 0 saturated carbocycles. The highest BCUT2D eigenvalue weighted by Crippen LogP contribution is 2.51. The molecule has 1 saturated heterocycles. The van der Waals surface area contributed by atoms with E-state index in [1.54, 1.807) is 18.2 Å². The molecular formula is C17H13ClFNO. The molecule has 1 atom stereocenters. The lowest BCUT2D eigenvalue weighted by molar-refractivity contribution is 0.0711. The smallest absolute Gasteiger partial charge is 0.255 e. The lowest BCUT2D eigenvalue weighted by Crippen LogP contribution is -2.39. The molecule has 2 aliphatic heterocycles. The molecule has 0 aliphatic carbocycles. The van der Waals surface area contributed by atoms with Crippen LogP contribution in [0.5, 0.6) is 0 Å². The summed E-state index contributed by atoms with van der Waals surface area (Å²) in [7, 11) is 0. The fourth-order valence-corrected chi connectivity index (χ4v) is 3.94. The van der Waals surface area contributed by atoms with Crippen molar-refractivity contribution in [1.29, 1.82) is 0 Å². The van der Waals surface area contributed by atoms with Crippen molar-refractivity contribution in [2.45, 2.75) is 18.4 Å². The van der Waals surface area contributed by atoms with E-state index >= 15 is 0 Å². The van der Waals surface area contributed by atoms with Gasteiger partial charge in [-0.2, -0.15) is 0 Å². The number of fused-ring (bicyclic) bond motifs is 3. The Balaban J connectivity index is 2.02. The second-order valence-corrected chi connectivity index (χ2v) is 6.06. The minimum absolute atomic E-state index is 0.0171. The number of amides is 1. The molecule has 1 fully saturated rings. The number of benzene rings is 2. The van der Waals surface area contributed by atoms with Gasteiger partial charge in [-0.1, -0.05) is 23.7 Å². The molecule has 2 aromatic carbocycles. The molecular weight excluding hydrogens is 289 g/mol. The van der Waals surface area contributed by atoms with Crippen LogP contribution in [0.3, 0.4) is 0 Å². The molecule has 2 nitrogen and oxygen atoms in total. The van der Waals surface area contributed by atoms with E-state index in [-0.39, 0.29) is 11.7 Å². The largest absolute Gasteiger partial charge is 0.325 e. The molecule has 0 N–H and O–H groups in total. The minimum atomic E-state index is -0.556. The average molecular weight is 302 g/mol. The van der Waals surface area contributed by atoms with Crippen molar-refractivity contribution in [3.8, 4) is 0 Å². The third-order valence-corrected chi connectivity index (χ3v) is 4.82. The predicted molar refractivity (Wildman–Crippen MR) is 78.9 cm³/mol. The lowest BCUT2D eigenvalue weighted by Gasteiger charge is -2.33. The summed E-state index contributed by atoms with van der Waals surface area (Å²) < 4.78 is 13.7. The SMILES string of the molecule is O=C1c2ccc(Cl)cc2C2(c3cccc(F)c3)CCCN12. The molecule has 106 valence electrons. The lowest BCUT2D eigenvalue weighted by atomic mass is 9.81. The molecule has 2 heterocycles. The molecule has 2 aliphatic rings. The van der Waals surface area contributed by atoms with E-state index in [0.717, 1.165) is 24.0 Å². The van der Waals surface area contributed by atoms with Crippen LogP contribution >= 0.6 is 11.6 Å². The first-order valence-corrected chi connectivity index (χ1v) is 7.39. The molecule has 0 bridgehead atoms. The predicted octanol–water partition coefficient (Wildman–Crippen LogP) is 3.97. The Morgan fingerprint density at radius 1 is 1.19 bits per heavy atom. The second-order valence-electron chi connectivity index (χ2n) is 5.62. The van der Waals surface area contributed by atoms with Crippen LogP contribution in [0, 0.1) is 5.82 Å². The summed E-state index contributed by atoms with van der Waals surface area (Å²) in [5.41, 5.74) is 1.86. The van der Waals surface area contributed by atoms with Crippen molar-refractivity contribution in [3.63, 3.8) is 0 Å². The maximum absolute atomic E-state index is 13.7. The Bertz CT molecular complexity index is 760. The molecule has 21 heavy (non-hydrogen) atoms. The van der Waals surface area contributed by atoms with Gasteiger partial charge in [-0.3, -0.25) is 4.79 Å². The van der Waals surface area contributed by atoms with E-state index in [1.807, 2.05) is 17.0 Å². The number of halogens is 2. The molecule has 0 radical (unpaired) electrons. The van der Waals surface area contributed by atoms with Gasteiger partial charge in [0.05, 0.1) is 5.54 Å². The van der Waals surface area contributed by atoms with Gasteiger partial charge in [-0.05, 0) is 54.3 Å². The van der Waals surface area contributed by atoms with E-state index in [2.05, 4.69) is 0 Å². The second kappa shape index (κ2) is 4.31. The van der Waals surface area contributed by atoms with Crippen molar-refractivity contribution in [2.75, 3.05) is 6.54 Å². The van der Waals surface area contributed by atoms with Gasteiger partial charge in [-0.25, -0.2) is 4.39 Å². The van der Waals surface area contributed by atoms with Crippen molar-refractivity contribution in [2.24, 2.45) is 0 Å². The molecule has 2 aromatic rings. The Morgan fingerprint density at radius 3 is 2.86 bits per heavy atom. The number of hydrogen-bond acceptors (Lipinski definition) is 1. The zero-order chi connectivity index (χ0) is 14.6. The maximum Gasteiger partial charge on any atom is 0.255 e. The number of nitrogens with zero attached hydrogens (tertiary/aromatic N) is 1. The van der Waals surface area contributed by atoms with Crippen molar-refractivity contribution in [1.82, 2.24) is 4.90 Å². The molecule has 1 amide bonds. The van der Waals surface area contributed by atoms with Crippen LogP contribution in [0.1, 0.15) is 34.3 Å². The highest BCUT2D eigenvalue weighted by atomic mass is 35.5. The van der Waals surface area contributed by atoms with Crippen LogP contribution in [0.2, 0.25) is 5.02 Å². The normalized spacial score (nSPS) is 23.3. The van der Waals surface area contributed by atoms with E-state index in [1.165, 1.54) is 12.1 Å². The fraction of sp³-hybridized carbons (Fsp3) is 0.235. The summed E-state index contributed by atoms with van der Waals surface area (Å²) in [6.07, 6.45) is 1.71. The van der Waals surface area contributed by atoms with Gasteiger partial charge in [0.1, 0.15) is 5.82 Å². The van der Waals surface area contributed by atoms with Gasteiger partial charge in [0.2, 0.25) is 0 Å². The first kappa shape index (κ1) is 12.8. The van der Waals surface area contributed by atoms with Crippen LogP contribution in [0.25, 0.3) is 0 Å². The summed E-state index contributed by atoms with van der Waals surface area (Å²) in [6.45, 7) is 0.696. The Kier molecular flexibility index (Phi) is 2.64. The summed E-state index contributed by atoms with van der Waals surface area (Å²) in [5, 5.41) is 0.603. The quantitative estimate of drug-likeness (QED) is 0.780. The average Bonchev–Trinajstić information content (AvgIpc) is 3.00. The zero-order valence-corrected chi connectivity index (χ0v) is 12.0. The van der Waals surface area contributed by atoms with E-state index in [9.17, 15) is 9.18 Å². The molecule has 1 unspecified atom stereocenters. The minimum Gasteiger partial charge on any atom is -0.325 e.